The highest BCUT2D eigenvalue weighted by Crippen LogP contribution is 2.23. The van der Waals surface area contributed by atoms with E-state index in [1.165, 1.54) is 11.1 Å². The van der Waals surface area contributed by atoms with Crippen LogP contribution >= 0.6 is 0 Å². The van der Waals surface area contributed by atoms with Crippen LogP contribution in [-0.2, 0) is 6.54 Å². The largest absolute Gasteiger partial charge is 0.405 e. The molecule has 0 radical (unpaired) electrons. The Labute approximate surface area is 111 Å². The van der Waals surface area contributed by atoms with Crippen LogP contribution in [0.1, 0.15) is 26.3 Å². The van der Waals surface area contributed by atoms with E-state index < -0.39 is 12.7 Å². The number of nitrogens with zero attached hydrogens (tertiary/aromatic N) is 2. The Morgan fingerprint density at radius 1 is 1.37 bits per heavy atom. The summed E-state index contributed by atoms with van der Waals surface area (Å²) in [7, 11) is 0. The fourth-order valence-corrected chi connectivity index (χ4v) is 1.72. The predicted molar refractivity (Wildman–Crippen MR) is 70.2 cm³/mol. The Hall–Kier alpha value is -1.30. The minimum atomic E-state index is -4.23. The lowest BCUT2D eigenvalue weighted by Crippen LogP contribution is -2.36. The zero-order valence-electron chi connectivity index (χ0n) is 11.5. The van der Waals surface area contributed by atoms with Crippen molar-refractivity contribution in [1.29, 1.82) is 0 Å². The van der Waals surface area contributed by atoms with Crippen molar-refractivity contribution in [3.8, 4) is 0 Å². The van der Waals surface area contributed by atoms with Crippen LogP contribution in [0.25, 0.3) is 0 Å². The number of hydrogen-bond acceptors (Lipinski definition) is 3. The number of hydrogen-bond donors (Lipinski definition) is 1. The van der Waals surface area contributed by atoms with Crippen molar-refractivity contribution in [3.63, 3.8) is 0 Å². The molecule has 0 amide bonds. The van der Waals surface area contributed by atoms with E-state index in [0.717, 1.165) is 5.56 Å². The Morgan fingerprint density at radius 2 is 2.05 bits per heavy atom. The van der Waals surface area contributed by atoms with Gasteiger partial charge in [0, 0.05) is 30.9 Å². The van der Waals surface area contributed by atoms with Gasteiger partial charge in [0.25, 0.3) is 0 Å². The summed E-state index contributed by atoms with van der Waals surface area (Å²) in [6, 6.07) is 3.81. The molecule has 1 aromatic heterocycles. The molecule has 1 rings (SSSR count). The van der Waals surface area contributed by atoms with Gasteiger partial charge in [0.1, 0.15) is 12.4 Å². The highest BCUT2D eigenvalue weighted by atomic mass is 19.4. The summed E-state index contributed by atoms with van der Waals surface area (Å²) in [6.07, 6.45) is -2.70. The highest BCUT2D eigenvalue weighted by molar-refractivity contribution is 5.46. The van der Waals surface area contributed by atoms with Gasteiger partial charge in [-0.15, -0.1) is 0 Å². The molecule has 1 aromatic rings. The van der Waals surface area contributed by atoms with E-state index in [1.54, 1.807) is 19.1 Å². The summed E-state index contributed by atoms with van der Waals surface area (Å²) in [6.45, 7) is 5.47. The van der Waals surface area contributed by atoms with Crippen LogP contribution in [0.2, 0.25) is 0 Å². The molecule has 0 aliphatic rings. The van der Waals surface area contributed by atoms with Crippen molar-refractivity contribution in [3.05, 3.63) is 23.9 Å². The normalized spacial score (nSPS) is 11.9. The molecule has 0 saturated heterocycles. The van der Waals surface area contributed by atoms with E-state index >= 15 is 0 Å². The maximum absolute atomic E-state index is 12.5. The standard InChI is InChI=1S/C13H20F3N3/c1-4-19(9-13(14,15)16)12-11(6-5-7-17-12)8-18-10(2)3/h5-7,10,18H,4,8-9H2,1-3H3. The molecule has 108 valence electrons. The van der Waals surface area contributed by atoms with Gasteiger partial charge in [0.05, 0.1) is 0 Å². The maximum Gasteiger partial charge on any atom is 0.405 e. The fourth-order valence-electron chi connectivity index (χ4n) is 1.72. The minimum absolute atomic E-state index is 0.269. The SMILES string of the molecule is CCN(CC(F)(F)F)c1ncccc1CNC(C)C. The van der Waals surface area contributed by atoms with E-state index in [9.17, 15) is 13.2 Å². The Morgan fingerprint density at radius 3 is 2.58 bits per heavy atom. The zero-order chi connectivity index (χ0) is 14.5. The van der Waals surface area contributed by atoms with Crippen molar-refractivity contribution >= 4 is 5.82 Å². The topological polar surface area (TPSA) is 28.2 Å². The van der Waals surface area contributed by atoms with Gasteiger partial charge in [0.2, 0.25) is 0 Å². The molecule has 0 saturated carbocycles. The molecule has 0 atom stereocenters. The molecule has 0 aliphatic carbocycles. The Bertz CT molecular complexity index is 391. The van der Waals surface area contributed by atoms with Crippen LogP contribution < -0.4 is 10.2 Å². The van der Waals surface area contributed by atoms with Gasteiger partial charge in [-0.05, 0) is 13.0 Å². The van der Waals surface area contributed by atoms with Crippen LogP contribution in [-0.4, -0.2) is 30.3 Å². The second kappa shape index (κ2) is 6.75. The van der Waals surface area contributed by atoms with E-state index in [2.05, 4.69) is 10.3 Å². The third-order valence-corrected chi connectivity index (χ3v) is 2.62. The van der Waals surface area contributed by atoms with Gasteiger partial charge in [-0.1, -0.05) is 19.9 Å². The van der Waals surface area contributed by atoms with Crippen LogP contribution in [0.5, 0.6) is 0 Å². The average molecular weight is 275 g/mol. The first kappa shape index (κ1) is 15.8. The van der Waals surface area contributed by atoms with E-state index in [0.29, 0.717) is 12.4 Å². The molecule has 0 unspecified atom stereocenters. The molecule has 0 fully saturated rings. The van der Waals surface area contributed by atoms with Crippen molar-refractivity contribution in [2.45, 2.75) is 39.5 Å². The number of aromatic nitrogens is 1. The van der Waals surface area contributed by atoms with Gasteiger partial charge in [-0.3, -0.25) is 0 Å². The fraction of sp³-hybridized carbons (Fsp3) is 0.615. The molecule has 3 nitrogen and oxygen atoms in total. The number of halogens is 3. The first-order valence-corrected chi connectivity index (χ1v) is 6.32. The molecular weight excluding hydrogens is 255 g/mol. The summed E-state index contributed by atoms with van der Waals surface area (Å²) in [4.78, 5) is 5.35. The van der Waals surface area contributed by atoms with Gasteiger partial charge in [-0.2, -0.15) is 13.2 Å². The van der Waals surface area contributed by atoms with Crippen LogP contribution in [0.15, 0.2) is 18.3 Å². The second-order valence-corrected chi connectivity index (χ2v) is 4.65. The highest BCUT2D eigenvalue weighted by Gasteiger charge is 2.31. The van der Waals surface area contributed by atoms with Gasteiger partial charge in [0.15, 0.2) is 0 Å². The second-order valence-electron chi connectivity index (χ2n) is 4.65. The number of alkyl halides is 3. The van der Waals surface area contributed by atoms with Crippen LogP contribution in [0, 0.1) is 0 Å². The molecule has 19 heavy (non-hydrogen) atoms. The maximum atomic E-state index is 12.5. The quantitative estimate of drug-likeness (QED) is 0.865. The van der Waals surface area contributed by atoms with Crippen LogP contribution in [0.4, 0.5) is 19.0 Å². The van der Waals surface area contributed by atoms with E-state index in [4.69, 9.17) is 0 Å². The van der Waals surface area contributed by atoms with Crippen molar-refractivity contribution in [2.24, 2.45) is 0 Å². The number of pyridine rings is 1. The number of rotatable bonds is 6. The summed E-state index contributed by atoms with van der Waals surface area (Å²) in [5.74, 6) is 0.399. The molecule has 0 bridgehead atoms. The van der Waals surface area contributed by atoms with Crippen molar-refractivity contribution < 1.29 is 13.2 Å². The molecule has 6 heteroatoms. The lowest BCUT2D eigenvalue weighted by Gasteiger charge is -2.25. The first-order chi connectivity index (χ1) is 8.83. The summed E-state index contributed by atoms with van der Waals surface area (Å²) in [5.41, 5.74) is 0.780. The molecule has 1 heterocycles. The molecule has 0 spiro atoms. The Balaban J connectivity index is 2.90. The monoisotopic (exact) mass is 275 g/mol. The molecule has 1 N–H and O–H groups in total. The van der Waals surface area contributed by atoms with Gasteiger partial charge in [-0.25, -0.2) is 4.98 Å². The lowest BCUT2D eigenvalue weighted by atomic mass is 10.2. The van der Waals surface area contributed by atoms with Gasteiger partial charge < -0.3 is 10.2 Å². The summed E-state index contributed by atoms with van der Waals surface area (Å²) in [5, 5.41) is 3.20. The number of nitrogens with one attached hydrogen (secondary N) is 1. The van der Waals surface area contributed by atoms with Crippen molar-refractivity contribution in [2.75, 3.05) is 18.0 Å². The first-order valence-electron chi connectivity index (χ1n) is 6.32. The van der Waals surface area contributed by atoms with Crippen LogP contribution in [0.3, 0.4) is 0 Å². The average Bonchev–Trinajstić information content (AvgIpc) is 2.33. The van der Waals surface area contributed by atoms with Gasteiger partial charge >= 0.3 is 6.18 Å². The third-order valence-electron chi connectivity index (χ3n) is 2.62. The number of anilines is 1. The summed E-state index contributed by atoms with van der Waals surface area (Å²) >= 11 is 0. The smallest absolute Gasteiger partial charge is 0.348 e. The van der Waals surface area contributed by atoms with Crippen molar-refractivity contribution in [1.82, 2.24) is 10.3 Å². The molecular formula is C13H20F3N3. The minimum Gasteiger partial charge on any atom is -0.348 e. The van der Waals surface area contributed by atoms with E-state index in [-0.39, 0.29) is 12.6 Å². The lowest BCUT2D eigenvalue weighted by molar-refractivity contribution is -0.119. The Kier molecular flexibility index (Phi) is 5.60. The van der Waals surface area contributed by atoms with E-state index in [1.807, 2.05) is 13.8 Å². The molecule has 0 aromatic carbocycles. The summed E-state index contributed by atoms with van der Waals surface area (Å²) < 4.78 is 37.6. The third kappa shape index (κ3) is 5.46. The predicted octanol–water partition coefficient (Wildman–Crippen LogP) is 2.97. The zero-order valence-corrected chi connectivity index (χ0v) is 11.5. The molecule has 0 aliphatic heterocycles.